The van der Waals surface area contributed by atoms with E-state index in [0.717, 1.165) is 22.6 Å². The van der Waals surface area contributed by atoms with Crippen molar-refractivity contribution in [3.8, 4) is 5.75 Å². The van der Waals surface area contributed by atoms with Gasteiger partial charge < -0.3 is 15.2 Å². The SMILES string of the molecule is CCOc1ccc(NC(C)c2cnn(C)c2)cc1CO. The van der Waals surface area contributed by atoms with Gasteiger partial charge in [0.25, 0.3) is 0 Å². The highest BCUT2D eigenvalue weighted by molar-refractivity contribution is 5.52. The van der Waals surface area contributed by atoms with E-state index in [1.54, 1.807) is 4.68 Å². The molecular weight excluding hydrogens is 254 g/mol. The molecule has 2 aromatic rings. The minimum atomic E-state index is -0.0356. The molecule has 1 atom stereocenters. The molecule has 0 saturated heterocycles. The zero-order chi connectivity index (χ0) is 14.5. The Morgan fingerprint density at radius 3 is 2.85 bits per heavy atom. The van der Waals surface area contributed by atoms with Crippen molar-refractivity contribution in [3.05, 3.63) is 41.7 Å². The summed E-state index contributed by atoms with van der Waals surface area (Å²) in [5.74, 6) is 0.731. The van der Waals surface area contributed by atoms with Crippen LogP contribution in [-0.2, 0) is 13.7 Å². The van der Waals surface area contributed by atoms with Crippen LogP contribution in [0.15, 0.2) is 30.6 Å². The standard InChI is InChI=1S/C15H21N3O2/c1-4-20-15-6-5-14(7-12(15)10-19)17-11(2)13-8-16-18(3)9-13/h5-9,11,17,19H,4,10H2,1-3H3. The molecule has 1 aromatic heterocycles. The molecule has 0 bridgehead atoms. The summed E-state index contributed by atoms with van der Waals surface area (Å²) in [4.78, 5) is 0. The molecule has 5 heteroatoms. The summed E-state index contributed by atoms with van der Waals surface area (Å²) in [5.41, 5.74) is 2.86. The number of hydrogen-bond acceptors (Lipinski definition) is 4. The van der Waals surface area contributed by atoms with Crippen molar-refractivity contribution in [2.75, 3.05) is 11.9 Å². The van der Waals surface area contributed by atoms with E-state index in [-0.39, 0.29) is 12.6 Å². The fraction of sp³-hybridized carbons (Fsp3) is 0.400. The summed E-state index contributed by atoms with van der Waals surface area (Å²) in [5, 5.41) is 17.0. The van der Waals surface area contributed by atoms with E-state index in [1.165, 1.54) is 0 Å². The van der Waals surface area contributed by atoms with Gasteiger partial charge in [0, 0.05) is 30.1 Å². The predicted octanol–water partition coefficient (Wildman–Crippen LogP) is 2.48. The van der Waals surface area contributed by atoms with E-state index in [1.807, 2.05) is 44.6 Å². The van der Waals surface area contributed by atoms with Crippen LogP contribution < -0.4 is 10.1 Å². The maximum Gasteiger partial charge on any atom is 0.124 e. The monoisotopic (exact) mass is 275 g/mol. The number of benzene rings is 1. The molecule has 2 rings (SSSR count). The van der Waals surface area contributed by atoms with E-state index < -0.39 is 0 Å². The number of aryl methyl sites for hydroxylation is 1. The van der Waals surface area contributed by atoms with Crippen LogP contribution in [-0.4, -0.2) is 21.5 Å². The third kappa shape index (κ3) is 3.30. The highest BCUT2D eigenvalue weighted by Gasteiger charge is 2.09. The van der Waals surface area contributed by atoms with Gasteiger partial charge >= 0.3 is 0 Å². The Balaban J connectivity index is 2.13. The number of aliphatic hydroxyl groups is 1. The lowest BCUT2D eigenvalue weighted by molar-refractivity contribution is 0.267. The van der Waals surface area contributed by atoms with E-state index in [0.29, 0.717) is 6.61 Å². The third-order valence-electron chi connectivity index (χ3n) is 3.14. The molecule has 0 aliphatic rings. The van der Waals surface area contributed by atoms with Gasteiger partial charge in [-0.2, -0.15) is 5.10 Å². The molecule has 0 saturated carbocycles. The number of aliphatic hydroxyl groups excluding tert-OH is 1. The number of aromatic nitrogens is 2. The topological polar surface area (TPSA) is 59.3 Å². The smallest absolute Gasteiger partial charge is 0.124 e. The number of anilines is 1. The second-order valence-corrected chi connectivity index (χ2v) is 4.73. The molecule has 0 aliphatic carbocycles. The minimum absolute atomic E-state index is 0.0356. The van der Waals surface area contributed by atoms with E-state index in [2.05, 4.69) is 17.3 Å². The van der Waals surface area contributed by atoms with Crippen molar-refractivity contribution in [2.45, 2.75) is 26.5 Å². The summed E-state index contributed by atoms with van der Waals surface area (Å²) in [6.45, 7) is 4.56. The zero-order valence-corrected chi connectivity index (χ0v) is 12.1. The molecular formula is C15H21N3O2. The minimum Gasteiger partial charge on any atom is -0.494 e. The predicted molar refractivity (Wildman–Crippen MR) is 78.8 cm³/mol. The van der Waals surface area contributed by atoms with Crippen molar-refractivity contribution in [3.63, 3.8) is 0 Å². The quantitative estimate of drug-likeness (QED) is 0.850. The first-order valence-corrected chi connectivity index (χ1v) is 6.75. The number of nitrogens with one attached hydrogen (secondary N) is 1. The average Bonchev–Trinajstić information content (AvgIpc) is 2.87. The summed E-state index contributed by atoms with van der Waals surface area (Å²) < 4.78 is 7.26. The van der Waals surface area contributed by atoms with Crippen molar-refractivity contribution in [2.24, 2.45) is 7.05 Å². The van der Waals surface area contributed by atoms with Crippen molar-refractivity contribution in [1.29, 1.82) is 0 Å². The largest absolute Gasteiger partial charge is 0.494 e. The molecule has 5 nitrogen and oxygen atoms in total. The maximum atomic E-state index is 9.40. The summed E-state index contributed by atoms with van der Waals surface area (Å²) in [7, 11) is 1.90. The Bertz CT molecular complexity index is 566. The first-order chi connectivity index (χ1) is 9.63. The second-order valence-electron chi connectivity index (χ2n) is 4.73. The first kappa shape index (κ1) is 14.4. The van der Waals surface area contributed by atoms with E-state index in [4.69, 9.17) is 4.74 Å². The van der Waals surface area contributed by atoms with Crippen LogP contribution in [0.3, 0.4) is 0 Å². The fourth-order valence-corrected chi connectivity index (χ4v) is 2.09. The average molecular weight is 275 g/mol. The lowest BCUT2D eigenvalue weighted by Gasteiger charge is -2.16. The molecule has 0 fully saturated rings. The molecule has 1 aromatic carbocycles. The van der Waals surface area contributed by atoms with E-state index in [9.17, 15) is 5.11 Å². The van der Waals surface area contributed by atoms with Gasteiger partial charge in [0.2, 0.25) is 0 Å². The molecule has 1 unspecified atom stereocenters. The van der Waals surface area contributed by atoms with Gasteiger partial charge in [-0.1, -0.05) is 0 Å². The zero-order valence-electron chi connectivity index (χ0n) is 12.1. The summed E-state index contributed by atoms with van der Waals surface area (Å²) >= 11 is 0. The second kappa shape index (κ2) is 6.43. The fourth-order valence-electron chi connectivity index (χ4n) is 2.09. The lowest BCUT2D eigenvalue weighted by Crippen LogP contribution is -2.06. The van der Waals surface area contributed by atoms with Gasteiger partial charge in [-0.3, -0.25) is 4.68 Å². The van der Waals surface area contributed by atoms with Crippen LogP contribution in [0, 0.1) is 0 Å². The third-order valence-corrected chi connectivity index (χ3v) is 3.14. The molecule has 108 valence electrons. The molecule has 20 heavy (non-hydrogen) atoms. The van der Waals surface area contributed by atoms with Crippen molar-refractivity contribution >= 4 is 5.69 Å². The molecule has 1 heterocycles. The normalized spacial score (nSPS) is 12.2. The number of ether oxygens (including phenoxy) is 1. The molecule has 0 amide bonds. The maximum absolute atomic E-state index is 9.40. The molecule has 0 aliphatic heterocycles. The molecule has 0 radical (unpaired) electrons. The van der Waals surface area contributed by atoms with Gasteiger partial charge in [0.05, 0.1) is 25.5 Å². The Morgan fingerprint density at radius 1 is 1.45 bits per heavy atom. The van der Waals surface area contributed by atoms with Crippen LogP contribution in [0.5, 0.6) is 5.75 Å². The van der Waals surface area contributed by atoms with Crippen LogP contribution in [0.2, 0.25) is 0 Å². The van der Waals surface area contributed by atoms with Crippen LogP contribution in [0.4, 0.5) is 5.69 Å². The van der Waals surface area contributed by atoms with Crippen molar-refractivity contribution < 1.29 is 9.84 Å². The lowest BCUT2D eigenvalue weighted by atomic mass is 10.1. The summed E-state index contributed by atoms with van der Waals surface area (Å²) in [6, 6.07) is 5.90. The molecule has 0 spiro atoms. The van der Waals surface area contributed by atoms with Gasteiger partial charge in [0.1, 0.15) is 5.75 Å². The summed E-state index contributed by atoms with van der Waals surface area (Å²) in [6.07, 6.45) is 3.83. The Kier molecular flexibility index (Phi) is 4.63. The Hall–Kier alpha value is -2.01. The number of hydrogen-bond donors (Lipinski definition) is 2. The van der Waals surface area contributed by atoms with Gasteiger partial charge in [-0.05, 0) is 32.0 Å². The van der Waals surface area contributed by atoms with E-state index >= 15 is 0 Å². The van der Waals surface area contributed by atoms with Crippen LogP contribution in [0.25, 0.3) is 0 Å². The number of nitrogens with zero attached hydrogens (tertiary/aromatic N) is 2. The number of rotatable bonds is 6. The highest BCUT2D eigenvalue weighted by atomic mass is 16.5. The van der Waals surface area contributed by atoms with Crippen LogP contribution >= 0.6 is 0 Å². The Labute approximate surface area is 119 Å². The first-order valence-electron chi connectivity index (χ1n) is 6.75. The Morgan fingerprint density at radius 2 is 2.25 bits per heavy atom. The van der Waals surface area contributed by atoms with Gasteiger partial charge in [-0.25, -0.2) is 0 Å². The highest BCUT2D eigenvalue weighted by Crippen LogP contribution is 2.25. The van der Waals surface area contributed by atoms with Gasteiger partial charge in [-0.15, -0.1) is 0 Å². The van der Waals surface area contributed by atoms with Gasteiger partial charge in [0.15, 0.2) is 0 Å². The van der Waals surface area contributed by atoms with Crippen LogP contribution in [0.1, 0.15) is 31.0 Å². The van der Waals surface area contributed by atoms with Crippen molar-refractivity contribution in [1.82, 2.24) is 9.78 Å². The molecule has 2 N–H and O–H groups in total.